The molecule has 0 amide bonds. The van der Waals surface area contributed by atoms with Gasteiger partial charge in [-0.05, 0) is 41.2 Å². The molecule has 1 N–H and O–H groups in total. The van der Waals surface area contributed by atoms with Crippen molar-refractivity contribution < 1.29 is 9.53 Å². The number of benzene rings is 1. The Hall–Kier alpha value is -2.58. The molecule has 1 aromatic carbocycles. The lowest BCUT2D eigenvalue weighted by Gasteiger charge is -2.30. The third-order valence-electron chi connectivity index (χ3n) is 7.68. The number of fused-ring (bicyclic) bond motifs is 1. The van der Waals surface area contributed by atoms with Gasteiger partial charge in [-0.2, -0.15) is 0 Å². The van der Waals surface area contributed by atoms with Crippen LogP contribution in [0.4, 0.5) is 5.00 Å². The fraction of sp³-hybridized carbons (Fsp3) is 0.467. The quantitative estimate of drug-likeness (QED) is 0.522. The molecule has 7 heteroatoms. The largest absolute Gasteiger partial charge is 0.378 e. The number of ketones is 1. The fourth-order valence-electron chi connectivity index (χ4n) is 5.85. The number of piperazine rings is 1. The van der Waals surface area contributed by atoms with Gasteiger partial charge < -0.3 is 15.0 Å². The average molecular weight is 517 g/mol. The number of thiophene rings is 1. The second kappa shape index (κ2) is 10.3. The van der Waals surface area contributed by atoms with Gasteiger partial charge in [0, 0.05) is 63.4 Å². The Morgan fingerprint density at radius 2 is 1.76 bits per heavy atom. The van der Waals surface area contributed by atoms with Crippen LogP contribution < -0.4 is 10.2 Å². The van der Waals surface area contributed by atoms with E-state index >= 15 is 0 Å². The van der Waals surface area contributed by atoms with Crippen LogP contribution in [0.2, 0.25) is 0 Å². The monoisotopic (exact) mass is 516 g/mol. The van der Waals surface area contributed by atoms with Crippen LogP contribution in [-0.4, -0.2) is 68.1 Å². The smallest absolute Gasteiger partial charge is 0.173 e. The number of carbonyl (C=O) groups is 1. The predicted molar refractivity (Wildman–Crippen MR) is 151 cm³/mol. The zero-order chi connectivity index (χ0) is 25.4. The van der Waals surface area contributed by atoms with Crippen molar-refractivity contribution in [2.24, 2.45) is 5.41 Å². The van der Waals surface area contributed by atoms with Gasteiger partial charge in [-0.3, -0.25) is 9.69 Å². The molecule has 2 saturated heterocycles. The van der Waals surface area contributed by atoms with Gasteiger partial charge in [-0.25, -0.2) is 4.98 Å². The zero-order valence-electron chi connectivity index (χ0n) is 21.9. The first-order chi connectivity index (χ1) is 18.0. The molecular weight excluding hydrogens is 480 g/mol. The summed E-state index contributed by atoms with van der Waals surface area (Å²) in [7, 11) is 0. The Bertz CT molecular complexity index is 1290. The fourth-order valence-corrected chi connectivity index (χ4v) is 7.16. The molecule has 6 rings (SSSR count). The van der Waals surface area contributed by atoms with E-state index in [4.69, 9.17) is 9.72 Å². The Morgan fingerprint density at radius 3 is 2.57 bits per heavy atom. The number of Topliss-reactive ketones (excluding diaryl/α,β-unsaturated/α-hetero) is 1. The number of hydrogen-bond acceptors (Lipinski definition) is 7. The van der Waals surface area contributed by atoms with Crippen LogP contribution in [0.3, 0.4) is 0 Å². The predicted octanol–water partition coefficient (Wildman–Crippen LogP) is 4.87. The summed E-state index contributed by atoms with van der Waals surface area (Å²) in [6, 6.07) is 15.1. The Labute approximate surface area is 223 Å². The molecule has 0 spiro atoms. The van der Waals surface area contributed by atoms with Crippen molar-refractivity contribution in [1.82, 2.24) is 15.2 Å². The molecule has 1 aliphatic carbocycles. The summed E-state index contributed by atoms with van der Waals surface area (Å²) in [4.78, 5) is 24.3. The maximum absolute atomic E-state index is 13.2. The Kier molecular flexibility index (Phi) is 6.88. The summed E-state index contributed by atoms with van der Waals surface area (Å²) in [5.41, 5.74) is 6.71. The van der Waals surface area contributed by atoms with Crippen molar-refractivity contribution in [2.45, 2.75) is 33.2 Å². The lowest BCUT2D eigenvalue weighted by Crippen LogP contribution is -2.42. The third-order valence-corrected chi connectivity index (χ3v) is 9.01. The zero-order valence-corrected chi connectivity index (χ0v) is 22.7. The van der Waals surface area contributed by atoms with Crippen LogP contribution >= 0.6 is 11.3 Å². The third kappa shape index (κ3) is 5.23. The number of pyridine rings is 1. The number of aromatic nitrogens is 1. The molecule has 2 fully saturated rings. The second-order valence-corrected chi connectivity index (χ2v) is 12.3. The number of nitrogens with one attached hydrogen (secondary N) is 1. The molecule has 4 heterocycles. The van der Waals surface area contributed by atoms with E-state index in [0.717, 1.165) is 92.8 Å². The summed E-state index contributed by atoms with van der Waals surface area (Å²) in [5, 5.41) is 4.61. The highest BCUT2D eigenvalue weighted by atomic mass is 32.1. The number of morpholine rings is 1. The molecular formula is C30H36N4O2S. The van der Waals surface area contributed by atoms with Crippen LogP contribution in [0.25, 0.3) is 22.5 Å². The average Bonchev–Trinajstić information content (AvgIpc) is 3.29. The van der Waals surface area contributed by atoms with E-state index < -0.39 is 0 Å². The van der Waals surface area contributed by atoms with Crippen molar-refractivity contribution >= 4 is 22.1 Å². The minimum Gasteiger partial charge on any atom is -0.378 e. The van der Waals surface area contributed by atoms with Crippen LogP contribution in [0.15, 0.2) is 42.5 Å². The maximum Gasteiger partial charge on any atom is 0.173 e. The van der Waals surface area contributed by atoms with E-state index in [1.165, 1.54) is 16.1 Å². The van der Waals surface area contributed by atoms with Gasteiger partial charge >= 0.3 is 0 Å². The first-order valence-corrected chi connectivity index (χ1v) is 14.3. The topological polar surface area (TPSA) is 57.7 Å². The number of carbonyl (C=O) groups excluding carboxylic acids is 1. The Balaban J connectivity index is 1.39. The van der Waals surface area contributed by atoms with Crippen molar-refractivity contribution in [2.75, 3.05) is 57.4 Å². The lowest BCUT2D eigenvalue weighted by atomic mass is 9.75. The minimum atomic E-state index is -0.0436. The maximum atomic E-state index is 13.2. The van der Waals surface area contributed by atoms with Gasteiger partial charge in [0.2, 0.25) is 0 Å². The summed E-state index contributed by atoms with van der Waals surface area (Å²) < 4.78 is 5.64. The highest BCUT2D eigenvalue weighted by molar-refractivity contribution is 7.19. The molecule has 0 unspecified atom stereocenters. The molecule has 194 valence electrons. The number of ether oxygens (including phenoxy) is 1. The second-order valence-electron chi connectivity index (χ2n) is 11.3. The van der Waals surface area contributed by atoms with E-state index in [2.05, 4.69) is 71.4 Å². The summed E-state index contributed by atoms with van der Waals surface area (Å²) in [6.07, 6.45) is 1.51. The molecule has 2 aliphatic heterocycles. The van der Waals surface area contributed by atoms with Crippen LogP contribution in [0.5, 0.6) is 0 Å². The van der Waals surface area contributed by atoms with Gasteiger partial charge in [-0.15, -0.1) is 11.3 Å². The SMILES string of the molecule is CC1(C)CC(=O)c2sc(N3CCOCC3)c(-c3cccc(-c4cccc(CN5CCNCC5)c4)n3)c2C1. The molecule has 3 aliphatic rings. The molecule has 2 aromatic heterocycles. The van der Waals surface area contributed by atoms with E-state index in [9.17, 15) is 4.79 Å². The number of nitrogens with zero attached hydrogens (tertiary/aromatic N) is 3. The van der Waals surface area contributed by atoms with Crippen LogP contribution in [0.1, 0.15) is 41.1 Å². The summed E-state index contributed by atoms with van der Waals surface area (Å²) >= 11 is 1.67. The molecule has 0 saturated carbocycles. The van der Waals surface area contributed by atoms with Crippen molar-refractivity contribution in [3.8, 4) is 22.5 Å². The summed E-state index contributed by atoms with van der Waals surface area (Å²) in [6.45, 7) is 12.8. The van der Waals surface area contributed by atoms with E-state index in [-0.39, 0.29) is 11.2 Å². The van der Waals surface area contributed by atoms with Gasteiger partial charge in [0.05, 0.1) is 29.5 Å². The Morgan fingerprint density at radius 1 is 1.00 bits per heavy atom. The highest BCUT2D eigenvalue weighted by Gasteiger charge is 2.37. The first-order valence-electron chi connectivity index (χ1n) is 13.5. The van der Waals surface area contributed by atoms with E-state index in [0.29, 0.717) is 6.42 Å². The first kappa shape index (κ1) is 24.7. The van der Waals surface area contributed by atoms with Crippen molar-refractivity contribution in [3.63, 3.8) is 0 Å². The molecule has 0 radical (unpaired) electrons. The van der Waals surface area contributed by atoms with Gasteiger partial charge in [-0.1, -0.05) is 38.1 Å². The molecule has 0 atom stereocenters. The van der Waals surface area contributed by atoms with E-state index in [1.54, 1.807) is 11.3 Å². The van der Waals surface area contributed by atoms with Crippen molar-refractivity contribution in [3.05, 3.63) is 58.5 Å². The number of hydrogen-bond donors (Lipinski definition) is 1. The molecule has 6 nitrogen and oxygen atoms in total. The van der Waals surface area contributed by atoms with Crippen LogP contribution in [0, 0.1) is 5.41 Å². The standard InChI is InChI=1S/C30H36N4O2S/c1-30(2)18-23-27(29(34-13-15-36-16-14-34)37-28(23)26(35)19-30)25-8-4-7-24(32-25)22-6-3-5-21(17-22)20-33-11-9-31-10-12-33/h3-8,17,31H,9-16,18-20H2,1-2H3. The van der Waals surface area contributed by atoms with E-state index in [1.807, 2.05) is 0 Å². The molecule has 37 heavy (non-hydrogen) atoms. The van der Waals surface area contributed by atoms with Crippen LogP contribution in [-0.2, 0) is 17.7 Å². The summed E-state index contributed by atoms with van der Waals surface area (Å²) in [5.74, 6) is 0.272. The highest BCUT2D eigenvalue weighted by Crippen LogP contribution is 2.49. The lowest BCUT2D eigenvalue weighted by molar-refractivity contribution is 0.0918. The van der Waals surface area contributed by atoms with Gasteiger partial charge in [0.1, 0.15) is 5.00 Å². The normalized spacial score (nSPS) is 20.2. The minimum absolute atomic E-state index is 0.0436. The van der Waals surface area contributed by atoms with Crippen molar-refractivity contribution in [1.29, 1.82) is 0 Å². The van der Waals surface area contributed by atoms with Gasteiger partial charge in [0.25, 0.3) is 0 Å². The van der Waals surface area contributed by atoms with Gasteiger partial charge in [0.15, 0.2) is 5.78 Å². The molecule has 0 bridgehead atoms. The number of anilines is 1. The number of rotatable bonds is 5. The molecule has 3 aromatic rings.